The van der Waals surface area contributed by atoms with Crippen LogP contribution in [0.2, 0.25) is 0 Å². The molecule has 89 heavy (non-hydrogen) atoms. The lowest BCUT2D eigenvalue weighted by Crippen LogP contribution is -2.65. The third-order valence-electron chi connectivity index (χ3n) is 21.8. The highest BCUT2D eigenvalue weighted by Crippen LogP contribution is 2.69. The summed E-state index contributed by atoms with van der Waals surface area (Å²) in [5, 5.41) is 194. The number of fused-ring (bicyclic) bond motifs is 5. The van der Waals surface area contributed by atoms with E-state index in [0.717, 1.165) is 6.42 Å². The Bertz CT molecular complexity index is 2350. The zero-order valence-electron chi connectivity index (χ0n) is 50.6. The van der Waals surface area contributed by atoms with Crippen LogP contribution in [0.3, 0.4) is 0 Å². The van der Waals surface area contributed by atoms with Gasteiger partial charge < -0.3 is 153 Å². The maximum absolute atomic E-state index is 13.1. The minimum atomic E-state index is -1.84. The lowest BCUT2D eigenvalue weighted by Gasteiger charge is -2.61. The molecule has 10 rings (SSSR count). The third kappa shape index (κ3) is 13.1. The molecule has 10 aliphatic rings. The first-order chi connectivity index (χ1) is 42.0. The van der Waals surface area contributed by atoms with E-state index in [1.165, 1.54) is 19.6 Å². The molecular formula is C58H96O31. The molecule has 18 N–H and O–H groups in total. The van der Waals surface area contributed by atoms with Crippen molar-refractivity contribution < 1.29 is 153 Å². The Morgan fingerprint density at radius 3 is 1.49 bits per heavy atom. The summed E-state index contributed by atoms with van der Waals surface area (Å²) in [6, 6.07) is 0. The van der Waals surface area contributed by atoms with E-state index in [2.05, 4.69) is 19.9 Å². The summed E-state index contributed by atoms with van der Waals surface area (Å²) in [4.78, 5) is 0. The predicted octanol–water partition coefficient (Wildman–Crippen LogP) is -6.92. The largest absolute Gasteiger partial charge is 0.394 e. The van der Waals surface area contributed by atoms with Gasteiger partial charge in [-0.25, -0.2) is 0 Å². The standard InChI is InChI=1S/C58H96O31/c1-20(81-53-45(73)40(68)35(63)30(87-53)18-80-52-44(72)39(67)34(62)29(86-52)17-78-50-42(70)37(65)32(60)21(2)82-50)25-11-14-58(76)27-8-7-23-15-24(9-12-56(23,4)26(27)10-13-57(25,58)5)84-55-47(75)49(77-6)48(22(3)83-55)89-54-46(74)41(69)36(64)31(88-54)19-79-51-43(71)38(66)33(61)28(16-59)85-51/h7,20-22,24-55,59-76H,8-19H2,1-6H3/t20?,21-,22+,24-,25+,26-,27+,28+,29+,30+,31+,32-,33+,34+,35+,36+,37+,38-,39-,40-,41-,42+,43+,44+,45+,46+,47+,48-,49+,50+,51+,52+,53+,54-,55-,56-,57+,58-/m0/s1. The summed E-state index contributed by atoms with van der Waals surface area (Å²) in [5.41, 5.74) is -0.947. The van der Waals surface area contributed by atoms with E-state index in [9.17, 15) is 91.9 Å². The van der Waals surface area contributed by atoms with Crippen molar-refractivity contribution in [3.63, 3.8) is 0 Å². The topological polar surface area (TPSA) is 484 Å². The summed E-state index contributed by atoms with van der Waals surface area (Å²) in [7, 11) is 1.35. The first-order valence-corrected chi connectivity index (χ1v) is 31.2. The minimum absolute atomic E-state index is 0.0890. The molecule has 1 unspecified atom stereocenters. The van der Waals surface area contributed by atoms with Crippen molar-refractivity contribution >= 4 is 0 Å². The highest BCUT2D eigenvalue weighted by Gasteiger charge is 2.68. The van der Waals surface area contributed by atoms with E-state index in [4.69, 9.17) is 61.6 Å². The van der Waals surface area contributed by atoms with Crippen LogP contribution in [-0.4, -0.2) is 327 Å². The molecule has 0 spiro atoms. The van der Waals surface area contributed by atoms with Crippen LogP contribution in [0.4, 0.5) is 0 Å². The van der Waals surface area contributed by atoms with Crippen LogP contribution >= 0.6 is 0 Å². The summed E-state index contributed by atoms with van der Waals surface area (Å²) in [6.45, 7) is 6.78. The third-order valence-corrected chi connectivity index (χ3v) is 21.8. The fraction of sp³-hybridized carbons (Fsp3) is 0.966. The van der Waals surface area contributed by atoms with E-state index in [1.807, 2.05) is 6.92 Å². The Hall–Kier alpha value is -1.50. The van der Waals surface area contributed by atoms with E-state index < -0.39 is 234 Å². The van der Waals surface area contributed by atoms with Crippen LogP contribution in [0, 0.1) is 28.6 Å². The molecule has 0 aromatic rings. The first-order valence-electron chi connectivity index (χ1n) is 31.2. The normalized spacial score (nSPS) is 55.0. The average molecular weight is 1290 g/mol. The molecule has 6 aliphatic heterocycles. The summed E-state index contributed by atoms with van der Waals surface area (Å²) in [6.07, 6.45) is -39.9. The van der Waals surface area contributed by atoms with Crippen LogP contribution < -0.4 is 0 Å². The van der Waals surface area contributed by atoms with Gasteiger partial charge >= 0.3 is 0 Å². The minimum Gasteiger partial charge on any atom is -0.394 e. The van der Waals surface area contributed by atoms with Gasteiger partial charge in [0, 0.05) is 12.5 Å². The molecule has 0 amide bonds. The Kier molecular flexibility index (Phi) is 22.1. The number of allylic oxidation sites excluding steroid dienone is 1. The fourth-order valence-corrected chi connectivity index (χ4v) is 16.2. The second kappa shape index (κ2) is 27.9. The second-order valence-corrected chi connectivity index (χ2v) is 26.9. The summed E-state index contributed by atoms with van der Waals surface area (Å²) >= 11 is 0. The van der Waals surface area contributed by atoms with Gasteiger partial charge in [-0.15, -0.1) is 0 Å². The Balaban J connectivity index is 0.724. The van der Waals surface area contributed by atoms with E-state index in [-0.39, 0.29) is 23.2 Å². The van der Waals surface area contributed by atoms with Crippen molar-refractivity contribution in [1.82, 2.24) is 0 Å². The number of hydrogen-bond donors (Lipinski definition) is 18. The number of aliphatic hydroxyl groups excluding tert-OH is 17. The van der Waals surface area contributed by atoms with Gasteiger partial charge in [0.1, 0.15) is 134 Å². The van der Waals surface area contributed by atoms with Crippen molar-refractivity contribution in [2.45, 2.75) is 288 Å². The molecule has 6 heterocycles. The Morgan fingerprint density at radius 2 is 0.944 bits per heavy atom. The maximum atomic E-state index is 13.1. The van der Waals surface area contributed by atoms with Gasteiger partial charge in [-0.1, -0.05) is 25.5 Å². The quantitative estimate of drug-likeness (QED) is 0.0567. The molecule has 9 fully saturated rings. The summed E-state index contributed by atoms with van der Waals surface area (Å²) < 4.78 is 76.4. The Morgan fingerprint density at radius 1 is 0.483 bits per heavy atom. The molecular weight excluding hydrogens is 1190 g/mol. The van der Waals surface area contributed by atoms with Gasteiger partial charge in [-0.05, 0) is 95.3 Å². The molecule has 38 atom stereocenters. The fourth-order valence-electron chi connectivity index (χ4n) is 16.2. The van der Waals surface area contributed by atoms with Gasteiger partial charge in [-0.2, -0.15) is 0 Å². The smallest absolute Gasteiger partial charge is 0.187 e. The second-order valence-electron chi connectivity index (χ2n) is 26.9. The molecule has 514 valence electrons. The van der Waals surface area contributed by atoms with Gasteiger partial charge in [0.05, 0.1) is 56.4 Å². The lowest BCUT2D eigenvalue weighted by atomic mass is 9.45. The van der Waals surface area contributed by atoms with Gasteiger partial charge in [0.25, 0.3) is 0 Å². The Labute approximate surface area is 514 Å². The molecule has 4 aliphatic carbocycles. The predicted molar refractivity (Wildman–Crippen MR) is 292 cm³/mol. The number of hydrogen-bond acceptors (Lipinski definition) is 31. The highest BCUT2D eigenvalue weighted by atomic mass is 16.8. The highest BCUT2D eigenvalue weighted by molar-refractivity contribution is 5.28. The number of aliphatic hydroxyl groups is 18. The monoisotopic (exact) mass is 1290 g/mol. The van der Waals surface area contributed by atoms with Crippen LogP contribution in [0.25, 0.3) is 0 Å². The number of methoxy groups -OCH3 is 1. The zero-order valence-corrected chi connectivity index (χ0v) is 50.6. The van der Waals surface area contributed by atoms with Gasteiger partial charge in [0.2, 0.25) is 0 Å². The zero-order chi connectivity index (χ0) is 64.7. The van der Waals surface area contributed by atoms with Crippen molar-refractivity contribution in [2.24, 2.45) is 28.6 Å². The summed E-state index contributed by atoms with van der Waals surface area (Å²) in [5.74, 6) is -0.300. The first kappa shape index (κ1) is 70.3. The molecule has 0 aromatic carbocycles. The van der Waals surface area contributed by atoms with Crippen LogP contribution in [0.5, 0.6) is 0 Å². The molecule has 6 saturated heterocycles. The van der Waals surface area contributed by atoms with Crippen molar-refractivity contribution in [3.8, 4) is 0 Å². The van der Waals surface area contributed by atoms with Crippen LogP contribution in [-0.2, 0) is 61.6 Å². The molecule has 0 bridgehead atoms. The molecule has 31 nitrogen and oxygen atoms in total. The SMILES string of the molecule is CO[C@@H]1[C@@H](O)[C@H](O[C@H]2CC[C@@]3(C)C(=CC[C@@H]4[C@@H]3CC[C@]3(C)[C@@H](C(C)O[C@@H]5O[C@H](CO[C@@H]6O[C@H](CO[C@@H]7O[C@@H](C)[C@H](O)[C@@H](O)[C@H]7O)[C@@H](O)[C@H](O)[C@H]6O)[C@@H](O)[C@H](O)[C@H]5O)CC[C@]43O)C2)O[C@H](C)[C@@H]1O[C@@H]1O[C@H](CO[C@@H]2O[C@H](CO)[C@@H](O)[C@H](O)[C@H]2O)[C@@H](O)[C@H](O)[C@H]1O. The van der Waals surface area contributed by atoms with Crippen molar-refractivity contribution in [1.29, 1.82) is 0 Å². The van der Waals surface area contributed by atoms with Crippen molar-refractivity contribution in [2.75, 3.05) is 33.5 Å². The number of ether oxygens (including phenoxy) is 13. The average Bonchev–Trinajstić information content (AvgIpc) is 1.66. The van der Waals surface area contributed by atoms with E-state index >= 15 is 0 Å². The van der Waals surface area contributed by atoms with Crippen LogP contribution in [0.15, 0.2) is 11.6 Å². The van der Waals surface area contributed by atoms with Crippen molar-refractivity contribution in [3.05, 3.63) is 11.6 Å². The number of rotatable bonds is 18. The lowest BCUT2D eigenvalue weighted by molar-refractivity contribution is -0.366. The van der Waals surface area contributed by atoms with Gasteiger partial charge in [0.15, 0.2) is 37.7 Å². The maximum Gasteiger partial charge on any atom is 0.187 e. The van der Waals surface area contributed by atoms with E-state index in [0.29, 0.717) is 44.9 Å². The molecule has 0 radical (unpaired) electrons. The van der Waals surface area contributed by atoms with Crippen LogP contribution in [0.1, 0.15) is 86.0 Å². The molecule has 31 heteroatoms. The molecule has 3 saturated carbocycles. The molecule has 0 aromatic heterocycles. The van der Waals surface area contributed by atoms with Gasteiger partial charge in [-0.3, -0.25) is 0 Å². The van der Waals surface area contributed by atoms with E-state index in [1.54, 1.807) is 6.92 Å².